The predicted octanol–water partition coefficient (Wildman–Crippen LogP) is 4.94. The van der Waals surface area contributed by atoms with Crippen molar-refractivity contribution in [3.05, 3.63) is 89.5 Å². The molecule has 0 spiro atoms. The van der Waals surface area contributed by atoms with Crippen LogP contribution in [0.4, 0.5) is 5.69 Å². The predicted molar refractivity (Wildman–Crippen MR) is 140 cm³/mol. The molecule has 5 rings (SSSR count). The Hall–Kier alpha value is -3.60. The lowest BCUT2D eigenvalue weighted by atomic mass is 9.99. The Morgan fingerprint density at radius 1 is 0.743 bits per heavy atom. The Balaban J connectivity index is 1.07. The molecule has 2 aliphatic rings. The molecule has 180 valence electrons. The molecule has 2 heterocycles. The Morgan fingerprint density at radius 3 is 2.11 bits per heavy atom. The fraction of sp³-hybridized carbons (Fsp3) is 0.333. The maximum absolute atomic E-state index is 12.6. The lowest BCUT2D eigenvalue weighted by molar-refractivity contribution is -0.134. The summed E-state index contributed by atoms with van der Waals surface area (Å²) in [5.41, 5.74) is 7.25. The van der Waals surface area contributed by atoms with E-state index >= 15 is 0 Å². The smallest absolute Gasteiger partial charge is 0.223 e. The average molecular weight is 468 g/mol. The zero-order valence-corrected chi connectivity index (χ0v) is 20.2. The van der Waals surface area contributed by atoms with Gasteiger partial charge in [0.05, 0.1) is 0 Å². The molecule has 3 aromatic rings. The normalized spacial score (nSPS) is 15.1. The van der Waals surface area contributed by atoms with Gasteiger partial charge in [-0.1, -0.05) is 60.7 Å². The van der Waals surface area contributed by atoms with Crippen LogP contribution in [0.3, 0.4) is 0 Å². The third-order valence-corrected chi connectivity index (χ3v) is 7.16. The molecule has 0 radical (unpaired) electrons. The molecule has 1 N–H and O–H groups in total. The monoisotopic (exact) mass is 467 g/mol. The van der Waals surface area contributed by atoms with Crippen LogP contribution in [0.2, 0.25) is 0 Å². The summed E-state index contributed by atoms with van der Waals surface area (Å²) in [5.74, 6) is -0.0351. The van der Waals surface area contributed by atoms with E-state index in [-0.39, 0.29) is 24.7 Å². The topological polar surface area (TPSA) is 52.7 Å². The van der Waals surface area contributed by atoms with Gasteiger partial charge in [-0.3, -0.25) is 9.59 Å². The van der Waals surface area contributed by atoms with Crippen LogP contribution >= 0.6 is 0 Å². The van der Waals surface area contributed by atoms with Crippen LogP contribution in [-0.2, 0) is 29.1 Å². The van der Waals surface area contributed by atoms with Crippen LogP contribution < -0.4 is 10.2 Å². The van der Waals surface area contributed by atoms with E-state index in [0.29, 0.717) is 13.1 Å². The van der Waals surface area contributed by atoms with Crippen LogP contribution in [0.25, 0.3) is 11.1 Å². The van der Waals surface area contributed by atoms with Crippen molar-refractivity contribution in [1.29, 1.82) is 0 Å². The van der Waals surface area contributed by atoms with Gasteiger partial charge in [0.1, 0.15) is 0 Å². The molecular weight excluding hydrogens is 434 g/mol. The van der Waals surface area contributed by atoms with Gasteiger partial charge < -0.3 is 15.1 Å². The van der Waals surface area contributed by atoms with Gasteiger partial charge in [0.15, 0.2) is 0 Å². The van der Waals surface area contributed by atoms with Crippen molar-refractivity contribution in [3.8, 4) is 11.1 Å². The zero-order valence-electron chi connectivity index (χ0n) is 20.2. The quantitative estimate of drug-likeness (QED) is 0.536. The van der Waals surface area contributed by atoms with E-state index in [2.05, 4.69) is 70.9 Å². The van der Waals surface area contributed by atoms with Crippen LogP contribution in [0.5, 0.6) is 0 Å². The largest absolute Gasteiger partial charge is 0.372 e. The highest BCUT2D eigenvalue weighted by molar-refractivity contribution is 5.84. The number of nitrogens with zero attached hydrogens (tertiary/aromatic N) is 2. The summed E-state index contributed by atoms with van der Waals surface area (Å²) in [6, 6.07) is 25.4. The Labute approximate surface area is 207 Å². The van der Waals surface area contributed by atoms with Gasteiger partial charge in [-0.05, 0) is 59.2 Å². The third kappa shape index (κ3) is 5.73. The van der Waals surface area contributed by atoms with E-state index < -0.39 is 0 Å². The summed E-state index contributed by atoms with van der Waals surface area (Å²) in [7, 11) is 0. The number of anilines is 1. The molecule has 35 heavy (non-hydrogen) atoms. The number of carbonyl (C=O) groups is 2. The second kappa shape index (κ2) is 10.8. The van der Waals surface area contributed by atoms with Crippen molar-refractivity contribution < 1.29 is 9.59 Å². The molecule has 5 nitrogen and oxygen atoms in total. The van der Waals surface area contributed by atoms with Crippen LogP contribution in [0, 0.1) is 0 Å². The Bertz CT molecular complexity index is 1160. The minimum Gasteiger partial charge on any atom is -0.372 e. The summed E-state index contributed by atoms with van der Waals surface area (Å²) < 4.78 is 0. The molecule has 0 atom stereocenters. The zero-order chi connectivity index (χ0) is 24.0. The first-order valence-electron chi connectivity index (χ1n) is 12.7. The number of fused-ring (bicyclic) bond motifs is 1. The van der Waals surface area contributed by atoms with Crippen molar-refractivity contribution in [2.24, 2.45) is 0 Å². The minimum atomic E-state index is -0.0858. The minimum absolute atomic E-state index is 0.0507. The summed E-state index contributed by atoms with van der Waals surface area (Å²) in [4.78, 5) is 29.2. The van der Waals surface area contributed by atoms with E-state index in [9.17, 15) is 9.59 Å². The molecule has 0 saturated carbocycles. The van der Waals surface area contributed by atoms with E-state index in [1.54, 1.807) is 0 Å². The summed E-state index contributed by atoms with van der Waals surface area (Å²) in [6.45, 7) is 4.15. The van der Waals surface area contributed by atoms with Crippen LogP contribution in [0.1, 0.15) is 42.4 Å². The number of carbonyl (C=O) groups excluding carboxylic acids is 2. The van der Waals surface area contributed by atoms with Crippen LogP contribution in [-0.4, -0.2) is 36.3 Å². The number of rotatable bonds is 7. The Kier molecular flexibility index (Phi) is 7.12. The van der Waals surface area contributed by atoms with Gasteiger partial charge in [0, 0.05) is 51.3 Å². The van der Waals surface area contributed by atoms with Crippen molar-refractivity contribution in [1.82, 2.24) is 10.2 Å². The van der Waals surface area contributed by atoms with Gasteiger partial charge >= 0.3 is 0 Å². The van der Waals surface area contributed by atoms with E-state index in [4.69, 9.17) is 0 Å². The summed E-state index contributed by atoms with van der Waals surface area (Å²) in [5, 5.41) is 2.96. The molecule has 2 aliphatic heterocycles. The van der Waals surface area contributed by atoms with Gasteiger partial charge in [0.2, 0.25) is 11.8 Å². The first-order valence-corrected chi connectivity index (χ1v) is 12.7. The standard InChI is InChI=1S/C30H33N3O2/c34-29(15-16-30(35)33-20-17-24-5-1-2-6-27(24)22-33)31-21-23-7-9-25(10-8-23)26-11-13-28(14-12-26)32-18-3-4-19-32/h1-2,5-14H,3-4,15-22H2,(H,31,34). The van der Waals surface area contributed by atoms with E-state index in [1.165, 1.54) is 40.8 Å². The SMILES string of the molecule is O=C(CCC(=O)N1CCc2ccccc2C1)NCc1ccc(-c2ccc(N3CCCC3)cc2)cc1. The second-order valence-corrected chi connectivity index (χ2v) is 9.55. The molecule has 0 aromatic heterocycles. The summed E-state index contributed by atoms with van der Waals surface area (Å²) in [6.07, 6.45) is 3.92. The van der Waals surface area contributed by atoms with Crippen LogP contribution in [0.15, 0.2) is 72.8 Å². The fourth-order valence-corrected chi connectivity index (χ4v) is 5.03. The first kappa shape index (κ1) is 23.2. The molecule has 1 saturated heterocycles. The molecule has 3 aromatic carbocycles. The first-order chi connectivity index (χ1) is 17.2. The van der Waals surface area contributed by atoms with Gasteiger partial charge in [-0.2, -0.15) is 0 Å². The number of amides is 2. The van der Waals surface area contributed by atoms with Gasteiger partial charge in [-0.15, -0.1) is 0 Å². The molecule has 5 heteroatoms. The number of hydrogen-bond donors (Lipinski definition) is 1. The third-order valence-electron chi connectivity index (χ3n) is 7.16. The highest BCUT2D eigenvalue weighted by Crippen LogP contribution is 2.26. The lowest BCUT2D eigenvalue weighted by Gasteiger charge is -2.28. The highest BCUT2D eigenvalue weighted by atomic mass is 16.2. The second-order valence-electron chi connectivity index (χ2n) is 9.55. The summed E-state index contributed by atoms with van der Waals surface area (Å²) >= 11 is 0. The van der Waals surface area contributed by atoms with Crippen molar-refractivity contribution in [3.63, 3.8) is 0 Å². The molecule has 0 aliphatic carbocycles. The number of nitrogens with one attached hydrogen (secondary N) is 1. The lowest BCUT2D eigenvalue weighted by Crippen LogP contribution is -2.36. The van der Waals surface area contributed by atoms with E-state index in [1.807, 2.05) is 17.0 Å². The Morgan fingerprint density at radius 2 is 1.40 bits per heavy atom. The maximum atomic E-state index is 12.6. The number of hydrogen-bond acceptors (Lipinski definition) is 3. The number of benzene rings is 3. The van der Waals surface area contributed by atoms with Crippen molar-refractivity contribution in [2.75, 3.05) is 24.5 Å². The average Bonchev–Trinajstić information content (AvgIpc) is 3.46. The molecule has 1 fully saturated rings. The maximum Gasteiger partial charge on any atom is 0.223 e. The molecule has 0 unspecified atom stereocenters. The molecule has 0 bridgehead atoms. The highest BCUT2D eigenvalue weighted by Gasteiger charge is 2.20. The van der Waals surface area contributed by atoms with Gasteiger partial charge in [-0.25, -0.2) is 0 Å². The van der Waals surface area contributed by atoms with E-state index in [0.717, 1.165) is 31.6 Å². The van der Waals surface area contributed by atoms with Crippen molar-refractivity contribution in [2.45, 2.75) is 45.2 Å². The molecule has 2 amide bonds. The van der Waals surface area contributed by atoms with Gasteiger partial charge in [0.25, 0.3) is 0 Å². The van der Waals surface area contributed by atoms with Crippen molar-refractivity contribution >= 4 is 17.5 Å². The fourth-order valence-electron chi connectivity index (χ4n) is 5.03. The molecular formula is C30H33N3O2.